The number of benzene rings is 3. The number of rotatable bonds is 7. The first-order valence-corrected chi connectivity index (χ1v) is 16.2. The Hall–Kier alpha value is -3.99. The normalized spacial score (nSPS) is 25.2. The van der Waals surface area contributed by atoms with Crippen LogP contribution >= 0.6 is 0 Å². The van der Waals surface area contributed by atoms with Gasteiger partial charge < -0.3 is 28.8 Å². The number of Topliss-reactive ketones (excluding diaryl/α,β-unsaturated/α-hetero) is 1. The Morgan fingerprint density at radius 1 is 0.723 bits per heavy atom. The van der Waals surface area contributed by atoms with Crippen LogP contribution in [0.15, 0.2) is 36.4 Å². The summed E-state index contributed by atoms with van der Waals surface area (Å²) in [4.78, 5) is 11.4. The third-order valence-electron chi connectivity index (χ3n) is 9.44. The molecule has 0 saturated heterocycles. The fraction of sp³-hybridized carbons (Fsp3) is 0.472. The first-order valence-electron chi connectivity index (χ1n) is 16.2. The van der Waals surface area contributed by atoms with Gasteiger partial charge in [0.15, 0.2) is 34.6 Å². The number of hydrogen-bond acceptors (Lipinski definition) is 7. The minimum atomic E-state index is -1.61. The van der Waals surface area contributed by atoms with Gasteiger partial charge in [-0.2, -0.15) is 13.2 Å². The summed E-state index contributed by atoms with van der Waals surface area (Å²) >= 11 is 0. The molecule has 7 rings (SSSR count). The summed E-state index contributed by atoms with van der Waals surface area (Å²) < 4.78 is 84.9. The highest BCUT2D eigenvalue weighted by Crippen LogP contribution is 2.53. The number of ether oxygens (including phenoxy) is 5. The molecule has 1 N–H and O–H groups in total. The second-order valence-electron chi connectivity index (χ2n) is 12.2. The Labute approximate surface area is 270 Å². The smallest absolute Gasteiger partial charge is 0.207 e. The summed E-state index contributed by atoms with van der Waals surface area (Å²) in [5, 5.41) is 11.2. The van der Waals surface area contributed by atoms with Crippen molar-refractivity contribution < 1.29 is 51.1 Å². The molecular formula is C36H38F4O7. The molecule has 4 aliphatic rings. The molecule has 3 aromatic rings. The van der Waals surface area contributed by atoms with Crippen LogP contribution in [0.4, 0.5) is 17.6 Å². The van der Waals surface area contributed by atoms with Crippen molar-refractivity contribution in [2.45, 2.75) is 88.9 Å². The van der Waals surface area contributed by atoms with E-state index < -0.39 is 35.0 Å². The SMILES string of the molecule is CCOc1ccc(C2(O)CC[C@H]3c4ccc(OCC)c(F)c4OC3C2)c(F)c1F.CCOc1ccc2c(c1F)OC1CC(=O)CC[C@@H]21. The maximum atomic E-state index is 14.7. The van der Waals surface area contributed by atoms with Crippen LogP contribution in [0, 0.1) is 23.3 Å². The average Bonchev–Trinajstić information content (AvgIpc) is 3.61. The number of ketones is 1. The van der Waals surface area contributed by atoms with Crippen LogP contribution < -0.4 is 23.7 Å². The van der Waals surface area contributed by atoms with E-state index in [0.717, 1.165) is 17.5 Å². The zero-order chi connectivity index (χ0) is 33.5. The topological polar surface area (TPSA) is 83.5 Å². The predicted molar refractivity (Wildman–Crippen MR) is 164 cm³/mol. The molecule has 0 aromatic heterocycles. The van der Waals surface area contributed by atoms with Gasteiger partial charge in [0.2, 0.25) is 17.5 Å². The van der Waals surface area contributed by atoms with Crippen LogP contribution in [0.3, 0.4) is 0 Å². The highest BCUT2D eigenvalue weighted by molar-refractivity contribution is 5.80. The van der Waals surface area contributed by atoms with E-state index >= 15 is 0 Å². The molecule has 2 aliphatic carbocycles. The number of aliphatic hydroxyl groups is 1. The molecule has 5 atom stereocenters. The molecule has 3 unspecified atom stereocenters. The lowest BCUT2D eigenvalue weighted by molar-refractivity contribution is -0.122. The zero-order valence-corrected chi connectivity index (χ0v) is 26.5. The van der Waals surface area contributed by atoms with Gasteiger partial charge >= 0.3 is 0 Å². The average molecular weight is 659 g/mol. The standard InChI is InChI=1S/C22H23F3O4.C14H15FO3/c1-3-27-15-8-6-14(18(23)19(15)24)22(26)10-9-12-13-5-7-16(28-4-2)20(25)21(13)29-17(12)11-22;1-2-17-11-6-5-10-9-4-3-8(16)7-12(9)18-14(10)13(11)15/h5-8,12,17,26H,3-4,9-11H2,1-2H3;5-6,9,12H,2-4,7H2,1H3/t12-,17?,22?;9-,12?/m00/s1. The highest BCUT2D eigenvalue weighted by Gasteiger charge is 2.49. The summed E-state index contributed by atoms with van der Waals surface area (Å²) in [6, 6.07) is 9.53. The summed E-state index contributed by atoms with van der Waals surface area (Å²) in [6.45, 7) is 6.19. The van der Waals surface area contributed by atoms with Gasteiger partial charge in [-0.15, -0.1) is 0 Å². The van der Waals surface area contributed by atoms with Crippen LogP contribution in [-0.2, 0) is 10.4 Å². The van der Waals surface area contributed by atoms with Gasteiger partial charge in [-0.25, -0.2) is 4.39 Å². The van der Waals surface area contributed by atoms with Crippen molar-refractivity contribution in [3.8, 4) is 28.7 Å². The van der Waals surface area contributed by atoms with E-state index in [9.17, 15) is 27.5 Å². The minimum Gasteiger partial charge on any atom is -0.491 e. The minimum absolute atomic E-state index is 0.0279. The van der Waals surface area contributed by atoms with Crippen LogP contribution in [0.25, 0.3) is 0 Å². The largest absolute Gasteiger partial charge is 0.491 e. The van der Waals surface area contributed by atoms with Crippen LogP contribution in [-0.4, -0.2) is 42.9 Å². The molecule has 2 heterocycles. The zero-order valence-electron chi connectivity index (χ0n) is 26.5. The molecule has 0 amide bonds. The van der Waals surface area contributed by atoms with Crippen molar-refractivity contribution >= 4 is 5.78 Å². The summed E-state index contributed by atoms with van der Waals surface area (Å²) in [5.41, 5.74) is -0.144. The number of fused-ring (bicyclic) bond motifs is 6. The number of hydrogen-bond donors (Lipinski definition) is 1. The van der Waals surface area contributed by atoms with E-state index in [0.29, 0.717) is 32.5 Å². The number of carbonyl (C=O) groups excluding carboxylic acids is 1. The molecule has 252 valence electrons. The molecule has 2 aliphatic heterocycles. The van der Waals surface area contributed by atoms with Crippen molar-refractivity contribution in [3.05, 3.63) is 76.4 Å². The molecular weight excluding hydrogens is 620 g/mol. The first kappa shape index (κ1) is 32.9. The summed E-state index contributed by atoms with van der Waals surface area (Å²) in [5.74, 6) is -2.47. The van der Waals surface area contributed by atoms with Crippen molar-refractivity contribution in [2.24, 2.45) is 0 Å². The highest BCUT2D eigenvalue weighted by atomic mass is 19.2. The Kier molecular flexibility index (Phi) is 9.29. The van der Waals surface area contributed by atoms with Gasteiger partial charge in [0.05, 0.1) is 25.4 Å². The van der Waals surface area contributed by atoms with Crippen LogP contribution in [0.5, 0.6) is 28.7 Å². The lowest BCUT2D eigenvalue weighted by Crippen LogP contribution is -2.40. The number of carbonyl (C=O) groups is 1. The maximum absolute atomic E-state index is 14.7. The Bertz CT molecular complexity index is 1660. The molecule has 2 saturated carbocycles. The van der Waals surface area contributed by atoms with E-state index in [1.807, 2.05) is 13.0 Å². The molecule has 2 fully saturated rings. The van der Waals surface area contributed by atoms with Crippen molar-refractivity contribution in [3.63, 3.8) is 0 Å². The molecule has 11 heteroatoms. The Balaban J connectivity index is 0.000000183. The second-order valence-corrected chi connectivity index (χ2v) is 12.2. The fourth-order valence-corrected chi connectivity index (χ4v) is 7.26. The summed E-state index contributed by atoms with van der Waals surface area (Å²) in [6.07, 6.45) is 1.68. The number of halogens is 4. The van der Waals surface area contributed by atoms with Gasteiger partial charge in [0.1, 0.15) is 18.0 Å². The lowest BCUT2D eigenvalue weighted by Gasteiger charge is -2.38. The van der Waals surface area contributed by atoms with Gasteiger partial charge in [0.25, 0.3) is 0 Å². The molecule has 0 bridgehead atoms. The Morgan fingerprint density at radius 2 is 1.23 bits per heavy atom. The van der Waals surface area contributed by atoms with E-state index in [1.165, 1.54) is 12.1 Å². The molecule has 7 nitrogen and oxygen atoms in total. The second kappa shape index (κ2) is 13.3. The fourth-order valence-electron chi connectivity index (χ4n) is 7.26. The van der Waals surface area contributed by atoms with E-state index in [2.05, 4.69) is 0 Å². The van der Waals surface area contributed by atoms with Gasteiger partial charge in [-0.05, 0) is 64.3 Å². The van der Waals surface area contributed by atoms with E-state index in [-0.39, 0.29) is 77.5 Å². The van der Waals surface area contributed by atoms with Gasteiger partial charge in [-0.1, -0.05) is 12.1 Å². The monoisotopic (exact) mass is 658 g/mol. The van der Waals surface area contributed by atoms with Crippen molar-refractivity contribution in [1.29, 1.82) is 0 Å². The first-order chi connectivity index (χ1) is 22.6. The Morgan fingerprint density at radius 3 is 1.81 bits per heavy atom. The molecule has 0 spiro atoms. The quantitative estimate of drug-likeness (QED) is 0.261. The summed E-state index contributed by atoms with van der Waals surface area (Å²) in [7, 11) is 0. The molecule has 47 heavy (non-hydrogen) atoms. The third kappa shape index (κ3) is 5.98. The molecule has 3 aromatic carbocycles. The lowest BCUT2D eigenvalue weighted by atomic mass is 9.72. The van der Waals surface area contributed by atoms with Gasteiger partial charge in [0, 0.05) is 47.8 Å². The maximum Gasteiger partial charge on any atom is 0.207 e. The van der Waals surface area contributed by atoms with Crippen LogP contribution in [0.1, 0.15) is 87.8 Å². The van der Waals surface area contributed by atoms with Gasteiger partial charge in [-0.3, -0.25) is 4.79 Å². The van der Waals surface area contributed by atoms with Crippen molar-refractivity contribution in [2.75, 3.05) is 19.8 Å². The third-order valence-corrected chi connectivity index (χ3v) is 9.44. The van der Waals surface area contributed by atoms with E-state index in [4.69, 9.17) is 23.7 Å². The predicted octanol–water partition coefficient (Wildman–Crippen LogP) is 7.64. The molecule has 0 radical (unpaired) electrons. The van der Waals surface area contributed by atoms with E-state index in [1.54, 1.807) is 32.0 Å². The van der Waals surface area contributed by atoms with Crippen molar-refractivity contribution in [1.82, 2.24) is 0 Å². The van der Waals surface area contributed by atoms with Crippen LogP contribution in [0.2, 0.25) is 0 Å².